The van der Waals surface area contributed by atoms with Gasteiger partial charge >= 0.3 is 17.9 Å². The molecule has 6 aliphatic heterocycles. The van der Waals surface area contributed by atoms with E-state index in [9.17, 15) is 29.7 Å². The molecule has 3 unspecified atom stereocenters. The number of ether oxygens (including phenoxy) is 7. The Hall–Kier alpha value is -2.77. The van der Waals surface area contributed by atoms with Crippen molar-refractivity contribution in [3.05, 3.63) is 36.5 Å². The summed E-state index contributed by atoms with van der Waals surface area (Å²) in [7, 11) is 0. The van der Waals surface area contributed by atoms with Gasteiger partial charge in [0.25, 0.3) is 0 Å². The Kier molecular flexibility index (Phi) is 23.3. The van der Waals surface area contributed by atoms with Gasteiger partial charge in [-0.3, -0.25) is 24.2 Å². The number of fused-ring (bicyclic) bond motifs is 9. The molecule has 16 nitrogen and oxygen atoms in total. The van der Waals surface area contributed by atoms with Crippen molar-refractivity contribution in [2.24, 2.45) is 91.7 Å². The number of hydrogen-bond donors (Lipinski definition) is 3. The molecule has 15 rings (SSSR count). The molecule has 15 aliphatic rings. The number of carbonyl (C=O) groups is 3. The van der Waals surface area contributed by atoms with E-state index in [1.807, 2.05) is 0 Å². The second-order valence-electron chi connectivity index (χ2n) is 36.8. The molecular weight excluding hydrogens is 1250 g/mol. The molecule has 0 amide bonds. The highest BCUT2D eigenvalue weighted by molar-refractivity contribution is 5.74. The molecule has 0 aromatic rings. The molecule has 6 heterocycles. The lowest BCUT2D eigenvalue weighted by molar-refractivity contribution is -0.316. The molecule has 9 saturated carbocycles. The first-order chi connectivity index (χ1) is 47.5. The average Bonchev–Trinajstić information content (AvgIpc) is 0.740. The highest BCUT2D eigenvalue weighted by atomic mass is 16.7. The van der Waals surface area contributed by atoms with Crippen LogP contribution < -0.4 is 0 Å². The van der Waals surface area contributed by atoms with Crippen LogP contribution in [0.2, 0.25) is 0 Å². The van der Waals surface area contributed by atoms with E-state index in [1.54, 1.807) is 0 Å². The zero-order valence-electron chi connectivity index (χ0n) is 62.4. The largest absolute Gasteiger partial charge is 0.481 e. The van der Waals surface area contributed by atoms with Crippen LogP contribution in [0.3, 0.4) is 0 Å². The summed E-state index contributed by atoms with van der Waals surface area (Å²) in [6.07, 6.45) is 37.8. The van der Waals surface area contributed by atoms with Crippen LogP contribution in [0.15, 0.2) is 36.5 Å². The highest BCUT2D eigenvalue weighted by Crippen LogP contribution is 2.67. The smallest absolute Gasteiger partial charge is 0.323 e. The summed E-state index contributed by atoms with van der Waals surface area (Å²) in [6, 6.07) is -0.833. The first-order valence-electron chi connectivity index (χ1n) is 40.8. The third-order valence-electron chi connectivity index (χ3n) is 31.4. The van der Waals surface area contributed by atoms with Crippen LogP contribution in [0.1, 0.15) is 247 Å². The van der Waals surface area contributed by atoms with Crippen molar-refractivity contribution in [2.45, 2.75) is 296 Å². The van der Waals surface area contributed by atoms with E-state index in [2.05, 4.69) is 76.0 Å². The Bertz CT molecular complexity index is 2700. The number of hydrogen-bond acceptors (Lipinski definition) is 13. The fourth-order valence-electron chi connectivity index (χ4n) is 25.6. The highest BCUT2D eigenvalue weighted by Gasteiger charge is 2.64. The predicted molar refractivity (Wildman–Crippen MR) is 383 cm³/mol. The molecule has 16 heteroatoms. The van der Waals surface area contributed by atoms with Crippen LogP contribution in [-0.4, -0.2) is 176 Å². The number of allylic oxidation sites excluding steroid dienone is 3. The van der Waals surface area contributed by atoms with E-state index in [0.717, 1.165) is 162 Å². The maximum atomic E-state index is 11.8. The molecule has 0 aromatic carbocycles. The maximum absolute atomic E-state index is 11.8. The molecule has 3 N–H and O–H groups in total. The third-order valence-corrected chi connectivity index (χ3v) is 31.4. The summed E-state index contributed by atoms with van der Waals surface area (Å²) >= 11 is 0. The molecule has 0 bridgehead atoms. The minimum absolute atomic E-state index is 0.00134. The Balaban J connectivity index is 0.000000133. The Morgan fingerprint density at radius 1 is 0.414 bits per heavy atom. The molecule has 6 saturated heterocycles. The lowest BCUT2D eigenvalue weighted by atomic mass is 9.46. The van der Waals surface area contributed by atoms with Crippen LogP contribution >= 0.6 is 0 Å². The third kappa shape index (κ3) is 14.8. The van der Waals surface area contributed by atoms with Crippen LogP contribution in [0, 0.1) is 91.7 Å². The van der Waals surface area contributed by atoms with Crippen LogP contribution in [0.5, 0.6) is 0 Å². The quantitative estimate of drug-likeness (QED) is 0.131. The average molecular weight is 1380 g/mol. The van der Waals surface area contributed by atoms with Gasteiger partial charge in [-0.1, -0.05) is 123 Å². The summed E-state index contributed by atoms with van der Waals surface area (Å²) in [5.41, 5.74) is 5.02. The number of carboxylic acid groups (broad SMARTS) is 3. The number of morpholine rings is 1. The van der Waals surface area contributed by atoms with E-state index in [-0.39, 0.29) is 76.0 Å². The van der Waals surface area contributed by atoms with Gasteiger partial charge in [-0.05, 0) is 252 Å². The fraction of sp³-hybridized carbons (Fsp3) is 0.892. The Morgan fingerprint density at radius 3 is 1.15 bits per heavy atom. The monoisotopic (exact) mass is 1380 g/mol. The van der Waals surface area contributed by atoms with Crippen LogP contribution in [0.4, 0.5) is 0 Å². The second-order valence-corrected chi connectivity index (χ2v) is 36.8. The number of nitrogens with zero attached hydrogens (tertiary/aromatic N) is 3. The van der Waals surface area contributed by atoms with Crippen molar-refractivity contribution >= 4 is 17.9 Å². The first-order valence-corrected chi connectivity index (χ1v) is 40.8. The van der Waals surface area contributed by atoms with Gasteiger partial charge in [-0.2, -0.15) is 0 Å². The summed E-state index contributed by atoms with van der Waals surface area (Å²) < 4.78 is 45.0. The molecule has 0 radical (unpaired) electrons. The van der Waals surface area contributed by atoms with Crippen molar-refractivity contribution in [1.29, 1.82) is 0 Å². The van der Waals surface area contributed by atoms with Gasteiger partial charge in [0.15, 0.2) is 18.9 Å². The topological polar surface area (TPSA) is 186 Å². The molecule has 20 atom stereocenters. The summed E-state index contributed by atoms with van der Waals surface area (Å²) in [4.78, 5) is 41.7. The predicted octanol–water partition coefficient (Wildman–Crippen LogP) is 15.6. The molecule has 9 aliphatic carbocycles. The van der Waals surface area contributed by atoms with Gasteiger partial charge in [0.05, 0.1) is 57.3 Å². The minimum atomic E-state index is -0.775. The fourth-order valence-corrected chi connectivity index (χ4v) is 25.6. The Labute approximate surface area is 595 Å². The number of aliphatic carboxylic acids is 3. The molecule has 15 fully saturated rings. The van der Waals surface area contributed by atoms with Gasteiger partial charge in [-0.25, -0.2) is 0 Å². The molecule has 0 aromatic heterocycles. The maximum Gasteiger partial charge on any atom is 0.323 e. The Morgan fingerprint density at radius 2 is 0.778 bits per heavy atom. The van der Waals surface area contributed by atoms with Gasteiger partial charge in [0.1, 0.15) is 12.1 Å². The number of piperidine rings is 2. The standard InChI is InChI=1S/2C28H45NO4.C27H43NO5/c1-19-11-12-23-27(2,21(19)14-17-29-16-7-6-10-22(29)25(30)31)15-13-24-28(23,3)18-32-26(33-24)20-8-4-5-9-20;1-19-8-9-23-27(2,22(19)13-17-29-15-11-20(12-16-29)25(30)31)14-10-24-28(23,3)18-32-26(33-24)21-6-4-5-7-21;1-18-8-9-22-26(2,20(18)11-13-28-14-15-31-16-21(28)24(29)30)12-10-23-27(22,3)17-32-25(33-23)19-6-4-5-7-19/h2*20-24,26H,1,4-18H2,2-3H3,(H,30,31);19-23,25H,1,4-17H2,2-3H3,(H,29,30)/t21-,22-,23?,24-,26-,27+,28+;22-,23?,24-,26-,27+,28+;20-,21-,22?,23-,25-,26+,27+/m111/s1. The molecule has 558 valence electrons. The zero-order valence-corrected chi connectivity index (χ0v) is 62.4. The van der Waals surface area contributed by atoms with Crippen molar-refractivity contribution in [3.8, 4) is 0 Å². The summed E-state index contributed by atoms with van der Waals surface area (Å²) in [5, 5.41) is 28.6. The zero-order chi connectivity index (χ0) is 69.7. The number of carboxylic acids is 3. The van der Waals surface area contributed by atoms with Crippen molar-refractivity contribution < 1.29 is 62.9 Å². The molecule has 0 spiro atoms. The SMILES string of the molecule is C=C1CCC2[C@]3(C)CO[C@@H](C4CCCC4)O[C@@H]3CC[C@@]2(C)[C@@H]1CCN1CCC(C(=O)O)CC1.C=C1CCC2[C@]3(C)CO[C@@H](C4CCCC4)O[C@@H]3CC[C@@]2(C)[C@@H]1CCN1CCCC[C@@H]1C(=O)O.C=C1CCC2[C@]3(C)CO[C@@H](C4CCCC4)O[C@@H]3CC[C@@]2(C)[C@@H]1CCN1CCOC[C@@H]1C(=O)O. The second kappa shape index (κ2) is 31.0. The summed E-state index contributed by atoms with van der Waals surface area (Å²) in [5.74, 6) is 2.72. The van der Waals surface area contributed by atoms with Gasteiger partial charge < -0.3 is 53.4 Å². The van der Waals surface area contributed by atoms with E-state index in [4.69, 9.17) is 33.2 Å². The van der Waals surface area contributed by atoms with E-state index in [0.29, 0.717) is 78.6 Å². The van der Waals surface area contributed by atoms with Gasteiger partial charge in [-0.15, -0.1) is 0 Å². The van der Waals surface area contributed by atoms with Crippen LogP contribution in [-0.2, 0) is 47.5 Å². The lowest BCUT2D eigenvalue weighted by Crippen LogP contribution is -2.62. The van der Waals surface area contributed by atoms with Crippen LogP contribution in [0.25, 0.3) is 0 Å². The summed E-state index contributed by atoms with van der Waals surface area (Å²) in [6.45, 7) is 38.0. The number of likely N-dealkylation sites (tertiary alicyclic amines) is 2. The van der Waals surface area contributed by atoms with Crippen molar-refractivity contribution in [1.82, 2.24) is 14.7 Å². The van der Waals surface area contributed by atoms with Gasteiger partial charge in [0.2, 0.25) is 0 Å². The lowest BCUT2D eigenvalue weighted by Gasteiger charge is -2.63. The van der Waals surface area contributed by atoms with E-state index >= 15 is 0 Å². The molecule has 99 heavy (non-hydrogen) atoms. The molecular formula is C83H133N3O13. The van der Waals surface area contributed by atoms with Crippen molar-refractivity contribution in [2.75, 3.05) is 78.8 Å². The van der Waals surface area contributed by atoms with Crippen molar-refractivity contribution in [3.63, 3.8) is 0 Å². The minimum Gasteiger partial charge on any atom is -0.481 e. The van der Waals surface area contributed by atoms with E-state index in [1.165, 1.54) is 119 Å². The normalized spacial score (nSPS) is 44.4. The van der Waals surface area contributed by atoms with E-state index < -0.39 is 23.9 Å². The number of rotatable bonds is 15. The van der Waals surface area contributed by atoms with Gasteiger partial charge in [0, 0.05) is 40.5 Å². The first kappa shape index (κ1) is 74.5.